The molecule has 2 aliphatic rings. The first-order valence-electron chi connectivity index (χ1n) is 7.40. The van der Waals surface area contributed by atoms with Crippen molar-refractivity contribution in [2.24, 2.45) is 0 Å². The molecule has 1 fully saturated rings. The molecule has 1 aliphatic carbocycles. The van der Waals surface area contributed by atoms with Crippen LogP contribution in [0.4, 0.5) is 0 Å². The van der Waals surface area contributed by atoms with E-state index in [1.807, 2.05) is 11.9 Å². The number of nitrogens with one attached hydrogen (secondary N) is 1. The van der Waals surface area contributed by atoms with Crippen molar-refractivity contribution in [2.45, 2.75) is 31.3 Å². The molecule has 0 radical (unpaired) electrons. The molecule has 2 unspecified atom stereocenters. The Balaban J connectivity index is 0.00000161. The number of carbonyl (C=O) groups is 1. The van der Waals surface area contributed by atoms with E-state index in [0.29, 0.717) is 13.0 Å². The second-order valence-corrected chi connectivity index (χ2v) is 5.69. The first-order chi connectivity index (χ1) is 9.75. The quantitative estimate of drug-likeness (QED) is 0.927. The van der Waals surface area contributed by atoms with Crippen LogP contribution in [-0.2, 0) is 16.0 Å². The number of halogens is 1. The molecular weight excluding hydrogens is 288 g/mol. The Morgan fingerprint density at radius 1 is 1.43 bits per heavy atom. The lowest BCUT2D eigenvalue weighted by Crippen LogP contribution is -2.44. The molecule has 1 heterocycles. The highest BCUT2D eigenvalue weighted by atomic mass is 35.5. The van der Waals surface area contributed by atoms with Crippen molar-refractivity contribution in [1.82, 2.24) is 10.2 Å². The Morgan fingerprint density at radius 2 is 2.24 bits per heavy atom. The van der Waals surface area contributed by atoms with Gasteiger partial charge < -0.3 is 15.0 Å². The number of morpholine rings is 1. The summed E-state index contributed by atoms with van der Waals surface area (Å²) in [6, 6.07) is 8.86. The normalized spacial score (nSPS) is 24.0. The van der Waals surface area contributed by atoms with Crippen LogP contribution in [0.15, 0.2) is 24.3 Å². The third-order valence-electron chi connectivity index (χ3n) is 4.38. The van der Waals surface area contributed by atoms with Crippen molar-refractivity contribution in [2.75, 3.05) is 26.8 Å². The van der Waals surface area contributed by atoms with Crippen LogP contribution < -0.4 is 5.32 Å². The smallest absolute Gasteiger partial charge is 0.224 e. The van der Waals surface area contributed by atoms with Crippen LogP contribution in [0.1, 0.15) is 30.0 Å². The maximum absolute atomic E-state index is 12.4. The average Bonchev–Trinajstić information content (AvgIpc) is 2.91. The van der Waals surface area contributed by atoms with Crippen LogP contribution in [0.25, 0.3) is 0 Å². The number of nitrogens with zero attached hydrogens (tertiary/aromatic N) is 1. The maximum Gasteiger partial charge on any atom is 0.224 e. The fraction of sp³-hybridized carbons (Fsp3) is 0.562. The highest BCUT2D eigenvalue weighted by Gasteiger charge is 2.29. The first kappa shape index (κ1) is 16.3. The number of carbonyl (C=O) groups excluding carboxylic acids is 1. The molecule has 5 heteroatoms. The first-order valence-corrected chi connectivity index (χ1v) is 7.40. The van der Waals surface area contributed by atoms with E-state index in [-0.39, 0.29) is 30.4 Å². The van der Waals surface area contributed by atoms with Gasteiger partial charge >= 0.3 is 0 Å². The zero-order valence-electron chi connectivity index (χ0n) is 12.4. The second-order valence-electron chi connectivity index (χ2n) is 5.69. The summed E-state index contributed by atoms with van der Waals surface area (Å²) in [6.45, 7) is 2.23. The SMILES string of the molecule is CN(C(=O)CC1COCCN1)C1CCc2ccccc21.Cl. The van der Waals surface area contributed by atoms with Gasteiger partial charge in [-0.2, -0.15) is 0 Å². The Labute approximate surface area is 132 Å². The number of benzene rings is 1. The van der Waals surface area contributed by atoms with Gasteiger partial charge in [-0.05, 0) is 24.0 Å². The number of amides is 1. The van der Waals surface area contributed by atoms with Gasteiger partial charge in [0.2, 0.25) is 5.91 Å². The average molecular weight is 311 g/mol. The molecule has 1 saturated heterocycles. The summed E-state index contributed by atoms with van der Waals surface area (Å²) in [6.07, 6.45) is 2.63. The highest BCUT2D eigenvalue weighted by Crippen LogP contribution is 2.35. The van der Waals surface area contributed by atoms with Gasteiger partial charge in [0, 0.05) is 26.1 Å². The molecule has 116 valence electrons. The number of aryl methyl sites for hydroxylation is 1. The summed E-state index contributed by atoms with van der Waals surface area (Å²) in [5, 5.41) is 3.34. The molecule has 1 N–H and O–H groups in total. The molecule has 0 aromatic heterocycles. The summed E-state index contributed by atoms with van der Waals surface area (Å²) < 4.78 is 5.41. The molecule has 1 aliphatic heterocycles. The second kappa shape index (κ2) is 7.25. The largest absolute Gasteiger partial charge is 0.378 e. The van der Waals surface area contributed by atoms with E-state index < -0.39 is 0 Å². The number of ether oxygens (including phenoxy) is 1. The van der Waals surface area contributed by atoms with E-state index in [1.165, 1.54) is 11.1 Å². The molecule has 2 atom stereocenters. The van der Waals surface area contributed by atoms with Gasteiger partial charge in [0.25, 0.3) is 0 Å². The lowest BCUT2D eigenvalue weighted by atomic mass is 10.1. The van der Waals surface area contributed by atoms with Crippen LogP contribution in [0.2, 0.25) is 0 Å². The molecule has 1 aromatic rings. The molecule has 0 spiro atoms. The van der Waals surface area contributed by atoms with Gasteiger partial charge in [-0.3, -0.25) is 4.79 Å². The Bertz CT molecular complexity index is 489. The van der Waals surface area contributed by atoms with E-state index >= 15 is 0 Å². The Morgan fingerprint density at radius 3 is 3.00 bits per heavy atom. The molecular formula is C16H23ClN2O2. The van der Waals surface area contributed by atoms with Crippen molar-refractivity contribution in [3.8, 4) is 0 Å². The lowest BCUT2D eigenvalue weighted by Gasteiger charge is -2.29. The fourth-order valence-electron chi connectivity index (χ4n) is 3.22. The molecule has 4 nitrogen and oxygen atoms in total. The van der Waals surface area contributed by atoms with Gasteiger partial charge in [-0.15, -0.1) is 12.4 Å². The topological polar surface area (TPSA) is 41.6 Å². The van der Waals surface area contributed by atoms with E-state index in [4.69, 9.17) is 4.74 Å². The summed E-state index contributed by atoms with van der Waals surface area (Å²) in [4.78, 5) is 14.4. The van der Waals surface area contributed by atoms with Gasteiger partial charge in [0.15, 0.2) is 0 Å². The van der Waals surface area contributed by atoms with Crippen molar-refractivity contribution in [1.29, 1.82) is 0 Å². The minimum absolute atomic E-state index is 0. The standard InChI is InChI=1S/C16H22N2O2.ClH/c1-18(16(19)10-13-11-20-9-8-17-13)15-7-6-12-4-2-3-5-14(12)15;/h2-5,13,15,17H,6-11H2,1H3;1H. The number of hydrogen-bond donors (Lipinski definition) is 1. The van der Waals surface area contributed by atoms with Crippen LogP contribution in [0.3, 0.4) is 0 Å². The fourth-order valence-corrected chi connectivity index (χ4v) is 3.22. The Hall–Kier alpha value is -1.10. The van der Waals surface area contributed by atoms with E-state index in [0.717, 1.165) is 26.0 Å². The predicted octanol–water partition coefficient (Wildman–Crippen LogP) is 1.93. The van der Waals surface area contributed by atoms with Crippen LogP contribution >= 0.6 is 12.4 Å². The molecule has 3 rings (SSSR count). The van der Waals surface area contributed by atoms with Crippen molar-refractivity contribution < 1.29 is 9.53 Å². The summed E-state index contributed by atoms with van der Waals surface area (Å²) in [5.74, 6) is 0.203. The van der Waals surface area contributed by atoms with Crippen molar-refractivity contribution in [3.63, 3.8) is 0 Å². The minimum atomic E-state index is 0. The third kappa shape index (κ3) is 3.57. The molecule has 1 aromatic carbocycles. The minimum Gasteiger partial charge on any atom is -0.378 e. The Kier molecular flexibility index (Phi) is 5.62. The molecule has 0 bridgehead atoms. The lowest BCUT2D eigenvalue weighted by molar-refractivity contribution is -0.133. The van der Waals surface area contributed by atoms with Crippen molar-refractivity contribution in [3.05, 3.63) is 35.4 Å². The maximum atomic E-state index is 12.4. The van der Waals surface area contributed by atoms with E-state index in [2.05, 4.69) is 29.6 Å². The highest BCUT2D eigenvalue weighted by molar-refractivity contribution is 5.85. The number of fused-ring (bicyclic) bond motifs is 1. The zero-order valence-corrected chi connectivity index (χ0v) is 13.2. The van der Waals surface area contributed by atoms with Crippen molar-refractivity contribution >= 4 is 18.3 Å². The van der Waals surface area contributed by atoms with Gasteiger partial charge in [0.1, 0.15) is 0 Å². The van der Waals surface area contributed by atoms with E-state index in [1.54, 1.807) is 0 Å². The third-order valence-corrected chi connectivity index (χ3v) is 4.38. The van der Waals surface area contributed by atoms with Crippen LogP contribution in [-0.4, -0.2) is 43.7 Å². The van der Waals surface area contributed by atoms with Crippen LogP contribution in [0, 0.1) is 0 Å². The number of rotatable bonds is 3. The predicted molar refractivity (Wildman–Crippen MR) is 84.7 cm³/mol. The zero-order chi connectivity index (χ0) is 13.9. The van der Waals surface area contributed by atoms with Gasteiger partial charge in [-0.1, -0.05) is 24.3 Å². The monoisotopic (exact) mass is 310 g/mol. The van der Waals surface area contributed by atoms with Gasteiger partial charge in [0.05, 0.1) is 19.3 Å². The van der Waals surface area contributed by atoms with Crippen LogP contribution in [0.5, 0.6) is 0 Å². The summed E-state index contributed by atoms with van der Waals surface area (Å²) in [5.41, 5.74) is 2.70. The molecule has 0 saturated carbocycles. The molecule has 1 amide bonds. The molecule has 21 heavy (non-hydrogen) atoms. The van der Waals surface area contributed by atoms with Gasteiger partial charge in [-0.25, -0.2) is 0 Å². The summed E-state index contributed by atoms with van der Waals surface area (Å²) >= 11 is 0. The van der Waals surface area contributed by atoms with E-state index in [9.17, 15) is 4.79 Å². The number of hydrogen-bond acceptors (Lipinski definition) is 3. The summed E-state index contributed by atoms with van der Waals surface area (Å²) in [7, 11) is 1.93.